The van der Waals surface area contributed by atoms with Gasteiger partial charge in [-0.2, -0.15) is 4.98 Å². The quantitative estimate of drug-likeness (QED) is 0.690. The van der Waals surface area contributed by atoms with Crippen LogP contribution < -0.4 is 0 Å². The first-order valence-corrected chi connectivity index (χ1v) is 10.1. The molecule has 3 aromatic rings. The second-order valence-corrected chi connectivity index (χ2v) is 7.79. The molecular formula is C21H24N6O. The molecule has 0 unspecified atom stereocenters. The lowest BCUT2D eigenvalue weighted by Gasteiger charge is -2.31. The molecule has 0 spiro atoms. The van der Waals surface area contributed by atoms with Gasteiger partial charge in [-0.15, -0.1) is 0 Å². The first kappa shape index (κ1) is 17.4. The van der Waals surface area contributed by atoms with Crippen LogP contribution in [0.2, 0.25) is 0 Å². The standard InChI is InChI=1S/C21H24N6O/c1-2-6-16(7-3-1)27-13-17(15-5-4-8-22-11-15)18(14-27)21-25-20(26-28-21)19-12-23-9-10-24-19/h4-5,8-12,16-18H,1-3,6-7,13-14H2/t17-,18+/m0/s1. The van der Waals surface area contributed by atoms with Crippen LogP contribution in [0, 0.1) is 0 Å². The molecule has 1 aliphatic carbocycles. The summed E-state index contributed by atoms with van der Waals surface area (Å²) in [5.41, 5.74) is 1.88. The number of pyridine rings is 1. The number of hydrogen-bond donors (Lipinski definition) is 0. The monoisotopic (exact) mass is 376 g/mol. The Morgan fingerprint density at radius 1 is 0.929 bits per heavy atom. The van der Waals surface area contributed by atoms with Gasteiger partial charge in [0.15, 0.2) is 0 Å². The van der Waals surface area contributed by atoms with Crippen molar-refractivity contribution in [3.05, 3.63) is 54.6 Å². The third kappa shape index (κ3) is 3.42. The maximum absolute atomic E-state index is 5.71. The van der Waals surface area contributed by atoms with Gasteiger partial charge in [0.25, 0.3) is 0 Å². The predicted octanol–water partition coefficient (Wildman–Crippen LogP) is 3.44. The van der Waals surface area contributed by atoms with Crippen molar-refractivity contribution in [2.75, 3.05) is 13.1 Å². The number of likely N-dealkylation sites (tertiary alicyclic amines) is 1. The lowest BCUT2D eigenvalue weighted by atomic mass is 9.90. The normalized spacial score (nSPS) is 23.9. The topological polar surface area (TPSA) is 80.8 Å². The lowest BCUT2D eigenvalue weighted by molar-refractivity contribution is 0.185. The Kier molecular flexibility index (Phi) is 4.83. The van der Waals surface area contributed by atoms with E-state index in [0.717, 1.165) is 13.1 Å². The van der Waals surface area contributed by atoms with E-state index in [1.807, 2.05) is 18.5 Å². The fourth-order valence-electron chi connectivity index (χ4n) is 4.67. The Balaban J connectivity index is 1.44. The van der Waals surface area contributed by atoms with Crippen molar-refractivity contribution in [1.82, 2.24) is 30.0 Å². The van der Waals surface area contributed by atoms with Crippen LogP contribution in [0.25, 0.3) is 11.5 Å². The predicted molar refractivity (Wildman–Crippen MR) is 103 cm³/mol. The minimum atomic E-state index is 0.170. The average Bonchev–Trinajstić information content (AvgIpc) is 3.43. The highest BCUT2D eigenvalue weighted by Crippen LogP contribution is 2.41. The van der Waals surface area contributed by atoms with Gasteiger partial charge in [-0.25, -0.2) is 4.98 Å². The number of rotatable bonds is 4. The first-order valence-electron chi connectivity index (χ1n) is 10.1. The van der Waals surface area contributed by atoms with Gasteiger partial charge >= 0.3 is 0 Å². The van der Waals surface area contributed by atoms with Crippen molar-refractivity contribution < 1.29 is 4.52 Å². The van der Waals surface area contributed by atoms with Crippen LogP contribution >= 0.6 is 0 Å². The highest BCUT2D eigenvalue weighted by molar-refractivity contribution is 5.45. The van der Waals surface area contributed by atoms with Crippen LogP contribution in [-0.2, 0) is 0 Å². The van der Waals surface area contributed by atoms with Gasteiger partial charge in [0.2, 0.25) is 11.7 Å². The molecule has 1 saturated carbocycles. The zero-order chi connectivity index (χ0) is 18.8. The van der Waals surface area contributed by atoms with Crippen LogP contribution in [0.3, 0.4) is 0 Å². The summed E-state index contributed by atoms with van der Waals surface area (Å²) < 4.78 is 5.71. The van der Waals surface area contributed by atoms with Crippen LogP contribution in [0.1, 0.15) is 55.4 Å². The number of hydrogen-bond acceptors (Lipinski definition) is 7. The minimum absolute atomic E-state index is 0.170. The van der Waals surface area contributed by atoms with Crippen molar-refractivity contribution in [3.8, 4) is 11.5 Å². The second-order valence-electron chi connectivity index (χ2n) is 7.79. The molecule has 0 radical (unpaired) electrons. The first-order chi connectivity index (χ1) is 13.9. The summed E-state index contributed by atoms with van der Waals surface area (Å²) in [6.45, 7) is 1.97. The van der Waals surface area contributed by atoms with Crippen LogP contribution in [-0.4, -0.2) is 49.1 Å². The third-order valence-electron chi connectivity index (χ3n) is 6.10. The summed E-state index contributed by atoms with van der Waals surface area (Å²) in [5, 5.41) is 4.17. The summed E-state index contributed by atoms with van der Waals surface area (Å²) in [7, 11) is 0. The van der Waals surface area contributed by atoms with Crippen LogP contribution in [0.15, 0.2) is 47.6 Å². The highest BCUT2D eigenvalue weighted by atomic mass is 16.5. The van der Waals surface area contributed by atoms with Crippen molar-refractivity contribution in [2.45, 2.75) is 50.0 Å². The molecule has 7 nitrogen and oxygen atoms in total. The summed E-state index contributed by atoms with van der Waals surface area (Å²) in [4.78, 5) is 20.1. The van der Waals surface area contributed by atoms with Crippen molar-refractivity contribution in [1.29, 1.82) is 0 Å². The molecule has 7 heteroatoms. The van der Waals surface area contributed by atoms with E-state index in [1.54, 1.807) is 18.6 Å². The van der Waals surface area contributed by atoms with E-state index in [2.05, 4.69) is 31.1 Å². The summed E-state index contributed by atoms with van der Waals surface area (Å²) >= 11 is 0. The smallest absolute Gasteiger partial charge is 0.232 e. The molecule has 1 saturated heterocycles. The largest absolute Gasteiger partial charge is 0.339 e. The Hall–Kier alpha value is -2.67. The molecule has 5 rings (SSSR count). The van der Waals surface area contributed by atoms with Crippen molar-refractivity contribution in [3.63, 3.8) is 0 Å². The number of nitrogens with zero attached hydrogens (tertiary/aromatic N) is 6. The van der Waals surface area contributed by atoms with Crippen molar-refractivity contribution >= 4 is 0 Å². The molecule has 2 fully saturated rings. The zero-order valence-corrected chi connectivity index (χ0v) is 15.8. The Labute approximate surface area is 164 Å². The van der Waals surface area contributed by atoms with Crippen LogP contribution in [0.4, 0.5) is 0 Å². The highest BCUT2D eigenvalue weighted by Gasteiger charge is 2.41. The van der Waals surface area contributed by atoms with Gasteiger partial charge in [-0.05, 0) is 24.5 Å². The van der Waals surface area contributed by atoms with Gasteiger partial charge in [0, 0.05) is 49.8 Å². The fourth-order valence-corrected chi connectivity index (χ4v) is 4.67. The zero-order valence-electron chi connectivity index (χ0n) is 15.8. The van der Waals surface area contributed by atoms with E-state index in [9.17, 15) is 0 Å². The molecule has 2 aliphatic rings. The molecule has 4 heterocycles. The van der Waals surface area contributed by atoms with Gasteiger partial charge < -0.3 is 4.52 Å². The molecule has 0 aromatic carbocycles. The van der Waals surface area contributed by atoms with E-state index >= 15 is 0 Å². The summed E-state index contributed by atoms with van der Waals surface area (Å²) in [5.74, 6) is 1.67. The van der Waals surface area contributed by atoms with Gasteiger partial charge in [0.1, 0.15) is 5.69 Å². The second kappa shape index (κ2) is 7.75. The fraction of sp³-hybridized carbons (Fsp3) is 0.476. The summed E-state index contributed by atoms with van der Waals surface area (Å²) in [6, 6.07) is 4.84. The maximum Gasteiger partial charge on any atom is 0.232 e. The van der Waals surface area contributed by atoms with E-state index in [1.165, 1.54) is 37.7 Å². The lowest BCUT2D eigenvalue weighted by Crippen LogP contribution is -2.35. The number of aromatic nitrogens is 5. The Morgan fingerprint density at radius 3 is 2.57 bits per heavy atom. The Bertz CT molecular complexity index is 894. The molecular weight excluding hydrogens is 352 g/mol. The Morgan fingerprint density at radius 2 is 1.79 bits per heavy atom. The third-order valence-corrected chi connectivity index (χ3v) is 6.10. The van der Waals surface area contributed by atoms with Gasteiger partial charge in [-0.3, -0.25) is 14.9 Å². The molecule has 3 aromatic heterocycles. The molecule has 0 N–H and O–H groups in total. The molecule has 2 atom stereocenters. The molecule has 1 aliphatic heterocycles. The van der Waals surface area contributed by atoms with Gasteiger partial charge in [-0.1, -0.05) is 30.5 Å². The minimum Gasteiger partial charge on any atom is -0.339 e. The van der Waals surface area contributed by atoms with Crippen molar-refractivity contribution in [2.24, 2.45) is 0 Å². The van der Waals surface area contributed by atoms with E-state index in [0.29, 0.717) is 29.4 Å². The molecule has 28 heavy (non-hydrogen) atoms. The molecule has 144 valence electrons. The summed E-state index contributed by atoms with van der Waals surface area (Å²) in [6.07, 6.45) is 15.4. The SMILES string of the molecule is c1cncc([C@@H]2CN(C3CCCCC3)C[C@H]2c2nc(-c3cnccn3)no2)c1. The maximum atomic E-state index is 5.71. The molecule has 0 amide bonds. The van der Waals surface area contributed by atoms with Gasteiger partial charge in [0.05, 0.1) is 12.1 Å². The van der Waals surface area contributed by atoms with E-state index in [-0.39, 0.29) is 5.92 Å². The average molecular weight is 376 g/mol. The van der Waals surface area contributed by atoms with E-state index in [4.69, 9.17) is 9.51 Å². The van der Waals surface area contributed by atoms with E-state index < -0.39 is 0 Å². The molecule has 0 bridgehead atoms. The van der Waals surface area contributed by atoms with Crippen LogP contribution in [0.5, 0.6) is 0 Å².